The fourth-order valence-corrected chi connectivity index (χ4v) is 3.88. The van der Waals surface area contributed by atoms with Crippen LogP contribution in [0.5, 0.6) is 0 Å². The van der Waals surface area contributed by atoms with Gasteiger partial charge in [0.25, 0.3) is 0 Å². The minimum absolute atomic E-state index is 0.0777. The Morgan fingerprint density at radius 1 is 1.04 bits per heavy atom. The van der Waals surface area contributed by atoms with E-state index < -0.39 is 14.2 Å². The molecule has 0 spiro atoms. The predicted octanol–water partition coefficient (Wildman–Crippen LogP) is 5.05. The van der Waals surface area contributed by atoms with Crippen LogP contribution in [0, 0.1) is 11.3 Å². The topological polar surface area (TPSA) is 49.8 Å². The molecule has 0 saturated carbocycles. The van der Waals surface area contributed by atoms with Gasteiger partial charge in [0, 0.05) is 18.0 Å². The highest BCUT2D eigenvalue weighted by molar-refractivity contribution is 6.82. The van der Waals surface area contributed by atoms with Crippen LogP contribution in [0.25, 0.3) is 0 Å². The van der Waals surface area contributed by atoms with Crippen molar-refractivity contribution >= 4 is 14.2 Å². The third-order valence-corrected chi connectivity index (χ3v) is 5.81. The molecule has 4 nitrogen and oxygen atoms in total. The van der Waals surface area contributed by atoms with Gasteiger partial charge in [-0.15, -0.1) is 0 Å². The van der Waals surface area contributed by atoms with Gasteiger partial charge in [-0.05, 0) is 39.2 Å². The highest BCUT2D eigenvalue weighted by Crippen LogP contribution is 2.28. The maximum atomic E-state index is 12.7. The Kier molecular flexibility index (Phi) is 8.23. The fraction of sp³-hybridized carbons (Fsp3) is 0.842. The monoisotopic (exact) mass is 357 g/mol. The van der Waals surface area contributed by atoms with Crippen molar-refractivity contribution < 1.29 is 14.6 Å². The molecule has 2 atom stereocenters. The van der Waals surface area contributed by atoms with E-state index in [9.17, 15) is 9.90 Å². The van der Waals surface area contributed by atoms with Gasteiger partial charge in [-0.3, -0.25) is 0 Å². The molecule has 0 aromatic carbocycles. The smallest absolute Gasteiger partial charge is 0.414 e. The fourth-order valence-electron chi connectivity index (χ4n) is 2.72. The van der Waals surface area contributed by atoms with Crippen LogP contribution in [-0.2, 0) is 4.74 Å². The molecule has 142 valence electrons. The average Bonchev–Trinajstić information content (AvgIpc) is 2.33. The van der Waals surface area contributed by atoms with E-state index >= 15 is 0 Å². The molecule has 1 amide bonds. The van der Waals surface area contributed by atoms with Crippen LogP contribution in [0.1, 0.15) is 55.4 Å². The molecule has 0 aliphatic carbocycles. The third-order valence-electron chi connectivity index (χ3n) is 4.06. The molecule has 0 radical (unpaired) electrons. The highest BCUT2D eigenvalue weighted by Gasteiger charge is 2.32. The predicted molar refractivity (Wildman–Crippen MR) is 105 cm³/mol. The number of carbonyl (C=O) groups excluding carboxylic acids is 1. The summed E-state index contributed by atoms with van der Waals surface area (Å²) in [6.07, 6.45) is 1.17. The first-order chi connectivity index (χ1) is 10.6. The summed E-state index contributed by atoms with van der Waals surface area (Å²) in [5, 5.41) is 11.3. The van der Waals surface area contributed by atoms with Crippen LogP contribution < -0.4 is 0 Å². The second-order valence-corrected chi connectivity index (χ2v) is 14.4. The molecule has 1 N–H and O–H groups in total. The lowest BCUT2D eigenvalue weighted by Crippen LogP contribution is -2.44. The normalized spacial score (nSPS) is 16.3. The SMILES string of the molecule is CC(C)N(C(=O)O/C(=C/[C@H](C)[C@H](O)C(C)(C)C)[Si](C)(C)C)C(C)C. The summed E-state index contributed by atoms with van der Waals surface area (Å²) in [4.78, 5) is 14.4. The van der Waals surface area contributed by atoms with Crippen LogP contribution in [0.15, 0.2) is 11.5 Å². The Bertz CT molecular complexity index is 437. The number of hydrogen-bond acceptors (Lipinski definition) is 3. The summed E-state index contributed by atoms with van der Waals surface area (Å²) < 4.78 is 5.83. The molecular formula is C19H39NO3Si. The Labute approximate surface area is 150 Å². The summed E-state index contributed by atoms with van der Waals surface area (Å²) in [6, 6.07) is 0.163. The maximum Gasteiger partial charge on any atom is 0.414 e. The number of aliphatic hydroxyl groups is 1. The zero-order valence-corrected chi connectivity index (χ0v) is 18.6. The molecule has 0 aromatic heterocycles. The molecule has 0 aliphatic rings. The van der Waals surface area contributed by atoms with E-state index in [0.29, 0.717) is 0 Å². The first-order valence-electron chi connectivity index (χ1n) is 8.99. The van der Waals surface area contributed by atoms with Gasteiger partial charge in [0.1, 0.15) is 8.07 Å². The van der Waals surface area contributed by atoms with Crippen LogP contribution >= 0.6 is 0 Å². The van der Waals surface area contributed by atoms with Crippen molar-refractivity contribution in [2.24, 2.45) is 11.3 Å². The highest BCUT2D eigenvalue weighted by atomic mass is 28.3. The van der Waals surface area contributed by atoms with Gasteiger partial charge in [-0.2, -0.15) is 0 Å². The maximum absolute atomic E-state index is 12.7. The molecule has 0 rings (SSSR count). The number of ether oxygens (including phenoxy) is 1. The Morgan fingerprint density at radius 2 is 1.46 bits per heavy atom. The Hall–Kier alpha value is -0.813. The zero-order valence-electron chi connectivity index (χ0n) is 17.6. The molecule has 0 aromatic rings. The minimum Gasteiger partial charge on any atom is -0.420 e. The number of carbonyl (C=O) groups is 1. The first kappa shape index (κ1) is 23.2. The largest absolute Gasteiger partial charge is 0.420 e. The van der Waals surface area contributed by atoms with Crippen molar-refractivity contribution in [1.29, 1.82) is 0 Å². The van der Waals surface area contributed by atoms with E-state index in [2.05, 4.69) is 19.6 Å². The van der Waals surface area contributed by atoms with Crippen LogP contribution in [0.3, 0.4) is 0 Å². The molecule has 5 heteroatoms. The van der Waals surface area contributed by atoms with Crippen molar-refractivity contribution in [2.45, 2.75) is 93.2 Å². The van der Waals surface area contributed by atoms with Gasteiger partial charge in [0.05, 0.1) is 11.5 Å². The van der Waals surface area contributed by atoms with Gasteiger partial charge >= 0.3 is 6.09 Å². The summed E-state index contributed by atoms with van der Waals surface area (Å²) in [6.45, 7) is 22.4. The lowest BCUT2D eigenvalue weighted by Gasteiger charge is -2.33. The second-order valence-electron chi connectivity index (χ2n) is 9.41. The number of nitrogens with zero attached hydrogens (tertiary/aromatic N) is 1. The molecule has 0 unspecified atom stereocenters. The molecule has 0 fully saturated rings. The Balaban J connectivity index is 5.52. The van der Waals surface area contributed by atoms with Crippen molar-refractivity contribution in [3.8, 4) is 0 Å². The molecule has 0 aliphatic heterocycles. The van der Waals surface area contributed by atoms with Gasteiger partial charge in [-0.25, -0.2) is 4.79 Å². The quantitative estimate of drug-likeness (QED) is 0.535. The summed E-state index contributed by atoms with van der Waals surface area (Å²) in [5.41, 5.74) is -0.216. The summed E-state index contributed by atoms with van der Waals surface area (Å²) >= 11 is 0. The Morgan fingerprint density at radius 3 is 1.75 bits per heavy atom. The molecule has 0 saturated heterocycles. The third kappa shape index (κ3) is 6.97. The number of rotatable bonds is 6. The van der Waals surface area contributed by atoms with Gasteiger partial charge in [-0.1, -0.05) is 47.3 Å². The second kappa shape index (κ2) is 8.52. The van der Waals surface area contributed by atoms with E-state index in [1.54, 1.807) is 4.90 Å². The molecule has 0 bridgehead atoms. The van der Waals surface area contributed by atoms with Crippen molar-refractivity contribution in [3.63, 3.8) is 0 Å². The van der Waals surface area contributed by atoms with E-state index in [0.717, 1.165) is 5.38 Å². The standard InChI is InChI=1S/C19H39NO3Si/c1-13(2)20(14(3)4)18(22)23-16(24(9,10)11)12-15(5)17(21)19(6,7)8/h12-15,17,21H,1-11H3/b16-12-/t15-,17-/m0/s1. The first-order valence-corrected chi connectivity index (χ1v) is 12.5. The van der Waals surface area contributed by atoms with Crippen molar-refractivity contribution in [3.05, 3.63) is 11.5 Å². The zero-order chi connectivity index (χ0) is 19.5. The van der Waals surface area contributed by atoms with Gasteiger partial charge in [0.2, 0.25) is 0 Å². The van der Waals surface area contributed by atoms with Crippen LogP contribution in [0.2, 0.25) is 19.6 Å². The molecular weight excluding hydrogens is 318 g/mol. The molecule has 24 heavy (non-hydrogen) atoms. The lowest BCUT2D eigenvalue weighted by atomic mass is 9.82. The number of aliphatic hydroxyl groups excluding tert-OH is 1. The minimum atomic E-state index is -1.85. The van der Waals surface area contributed by atoms with Gasteiger partial charge < -0.3 is 14.7 Å². The van der Waals surface area contributed by atoms with E-state index in [1.165, 1.54) is 0 Å². The van der Waals surface area contributed by atoms with Gasteiger partial charge in [0.15, 0.2) is 0 Å². The average molecular weight is 358 g/mol. The number of hydrogen-bond donors (Lipinski definition) is 1. The van der Waals surface area contributed by atoms with Crippen LogP contribution in [0.4, 0.5) is 4.79 Å². The molecule has 0 heterocycles. The van der Waals surface area contributed by atoms with E-state index in [4.69, 9.17) is 4.74 Å². The summed E-state index contributed by atoms with van der Waals surface area (Å²) in [7, 11) is -1.85. The number of amides is 1. The van der Waals surface area contributed by atoms with Crippen LogP contribution in [-0.4, -0.2) is 42.4 Å². The summed E-state index contributed by atoms with van der Waals surface area (Å²) in [5.74, 6) is -0.0777. The van der Waals surface area contributed by atoms with E-state index in [1.807, 2.05) is 61.5 Å². The van der Waals surface area contributed by atoms with Crippen molar-refractivity contribution in [1.82, 2.24) is 4.90 Å². The van der Waals surface area contributed by atoms with Crippen molar-refractivity contribution in [2.75, 3.05) is 0 Å². The van der Waals surface area contributed by atoms with E-state index in [-0.39, 0.29) is 29.5 Å². The lowest BCUT2D eigenvalue weighted by molar-refractivity contribution is 0.0325.